The van der Waals surface area contributed by atoms with Crippen molar-refractivity contribution in [2.24, 2.45) is 0 Å². The van der Waals surface area contributed by atoms with Gasteiger partial charge in [0.05, 0.1) is 6.20 Å². The Hall–Kier alpha value is -2.05. The molecule has 0 bridgehead atoms. The number of halogens is 3. The minimum absolute atomic E-state index is 0.226. The zero-order valence-electron chi connectivity index (χ0n) is 15.9. The number of alkyl halides is 2. The third-order valence-electron chi connectivity index (χ3n) is 4.34. The number of carbonyl (C=O) groups excluding carboxylic acids is 1. The van der Waals surface area contributed by atoms with E-state index in [2.05, 4.69) is 16.9 Å². The van der Waals surface area contributed by atoms with Crippen molar-refractivity contribution in [3.05, 3.63) is 42.1 Å². The van der Waals surface area contributed by atoms with Gasteiger partial charge in [-0.2, -0.15) is 0 Å². The number of carbonyl (C=O) groups is 1. The highest BCUT2D eigenvalue weighted by Crippen LogP contribution is 2.33. The molecule has 0 aromatic carbocycles. The SMILES string of the molecule is C=C(C)N(C)C(C(=O)NC1CCC(F)(F)CC1)c1cncc(F)c1.CC. The van der Waals surface area contributed by atoms with E-state index in [1.54, 1.807) is 18.9 Å². The Labute approximate surface area is 153 Å². The number of nitrogens with one attached hydrogen (secondary N) is 1. The number of nitrogens with zero attached hydrogens (tertiary/aromatic N) is 2. The highest BCUT2D eigenvalue weighted by molar-refractivity contribution is 5.83. The Morgan fingerprint density at radius 3 is 2.42 bits per heavy atom. The maximum absolute atomic E-state index is 13.5. The summed E-state index contributed by atoms with van der Waals surface area (Å²) in [5.74, 6) is -3.57. The van der Waals surface area contributed by atoms with Gasteiger partial charge in [0.25, 0.3) is 0 Å². The van der Waals surface area contributed by atoms with Gasteiger partial charge < -0.3 is 10.2 Å². The van der Waals surface area contributed by atoms with E-state index in [1.807, 2.05) is 13.8 Å². The number of pyridine rings is 1. The van der Waals surface area contributed by atoms with E-state index in [4.69, 9.17) is 0 Å². The Morgan fingerprint density at radius 2 is 1.92 bits per heavy atom. The van der Waals surface area contributed by atoms with Crippen LogP contribution in [0.2, 0.25) is 0 Å². The van der Waals surface area contributed by atoms with Crippen LogP contribution in [0.15, 0.2) is 30.7 Å². The summed E-state index contributed by atoms with van der Waals surface area (Å²) in [6, 6.07) is 0.124. The number of amides is 1. The molecule has 0 aliphatic heterocycles. The molecule has 0 spiro atoms. The van der Waals surface area contributed by atoms with E-state index < -0.39 is 17.8 Å². The Morgan fingerprint density at radius 1 is 1.35 bits per heavy atom. The van der Waals surface area contributed by atoms with Gasteiger partial charge in [0.1, 0.15) is 11.9 Å². The van der Waals surface area contributed by atoms with Gasteiger partial charge in [0.15, 0.2) is 0 Å². The maximum atomic E-state index is 13.5. The molecule has 1 aromatic heterocycles. The van der Waals surface area contributed by atoms with Crippen molar-refractivity contribution in [3.63, 3.8) is 0 Å². The lowest BCUT2D eigenvalue weighted by Crippen LogP contribution is -2.45. The fourth-order valence-electron chi connectivity index (χ4n) is 2.81. The molecule has 1 atom stereocenters. The van der Waals surface area contributed by atoms with Gasteiger partial charge >= 0.3 is 0 Å². The average Bonchev–Trinajstić information content (AvgIpc) is 2.59. The number of hydrogen-bond acceptors (Lipinski definition) is 3. The van der Waals surface area contributed by atoms with E-state index in [-0.39, 0.29) is 37.6 Å². The second-order valence-corrected chi connectivity index (χ2v) is 6.32. The van der Waals surface area contributed by atoms with Crippen LogP contribution in [0, 0.1) is 5.82 Å². The Kier molecular flexibility index (Phi) is 8.11. The molecule has 146 valence electrons. The first-order valence-corrected chi connectivity index (χ1v) is 8.86. The summed E-state index contributed by atoms with van der Waals surface area (Å²) in [6.45, 7) is 9.54. The van der Waals surface area contributed by atoms with Crippen LogP contribution in [0.1, 0.15) is 58.1 Å². The molecular formula is C19H28F3N3O. The van der Waals surface area contributed by atoms with Crippen molar-refractivity contribution in [3.8, 4) is 0 Å². The zero-order valence-corrected chi connectivity index (χ0v) is 15.9. The summed E-state index contributed by atoms with van der Waals surface area (Å²) in [6.07, 6.45) is 2.46. The molecule has 7 heteroatoms. The number of rotatable bonds is 5. The summed E-state index contributed by atoms with van der Waals surface area (Å²) in [4.78, 5) is 18.1. The standard InChI is InChI=1S/C17H22F3N3O.C2H6/c1-11(2)23(3)15(12-8-13(18)10-21-9-12)16(24)22-14-4-6-17(19,20)7-5-14;1-2/h8-10,14-15H,1,4-7H2,2-3H3,(H,22,24);1-2H3. The quantitative estimate of drug-likeness (QED) is 0.832. The lowest BCUT2D eigenvalue weighted by molar-refractivity contribution is -0.127. The minimum atomic E-state index is -2.65. The molecule has 4 nitrogen and oxygen atoms in total. The topological polar surface area (TPSA) is 45.2 Å². The van der Waals surface area contributed by atoms with Crippen LogP contribution >= 0.6 is 0 Å². The molecule has 0 saturated heterocycles. The second-order valence-electron chi connectivity index (χ2n) is 6.32. The Balaban J connectivity index is 0.00000163. The molecule has 1 aliphatic carbocycles. The molecule has 1 N–H and O–H groups in total. The first-order valence-electron chi connectivity index (χ1n) is 8.86. The highest BCUT2D eigenvalue weighted by Gasteiger charge is 2.36. The number of likely N-dealkylation sites (N-methyl/N-ethyl adjacent to an activating group) is 1. The third-order valence-corrected chi connectivity index (χ3v) is 4.34. The lowest BCUT2D eigenvalue weighted by atomic mass is 9.92. The monoisotopic (exact) mass is 371 g/mol. The van der Waals surface area contributed by atoms with Crippen molar-refractivity contribution in [1.82, 2.24) is 15.2 Å². The van der Waals surface area contributed by atoms with Crippen LogP contribution in [-0.2, 0) is 4.79 Å². The zero-order chi connectivity index (χ0) is 19.9. The molecule has 1 heterocycles. The summed E-state index contributed by atoms with van der Waals surface area (Å²) in [5.41, 5.74) is 1.01. The highest BCUT2D eigenvalue weighted by atomic mass is 19.3. The molecule has 26 heavy (non-hydrogen) atoms. The first-order chi connectivity index (χ1) is 12.2. The number of aromatic nitrogens is 1. The van der Waals surface area contributed by atoms with Gasteiger partial charge in [-0.1, -0.05) is 20.4 Å². The molecule has 1 amide bonds. The maximum Gasteiger partial charge on any atom is 0.248 e. The van der Waals surface area contributed by atoms with E-state index in [0.29, 0.717) is 11.3 Å². The summed E-state index contributed by atoms with van der Waals surface area (Å²) >= 11 is 0. The molecule has 2 rings (SSSR count). The summed E-state index contributed by atoms with van der Waals surface area (Å²) in [5, 5.41) is 2.81. The largest absolute Gasteiger partial charge is 0.363 e. The fraction of sp³-hybridized carbons (Fsp3) is 0.579. The van der Waals surface area contributed by atoms with E-state index in [0.717, 1.165) is 6.20 Å². The molecule has 1 aromatic rings. The smallest absolute Gasteiger partial charge is 0.248 e. The lowest BCUT2D eigenvalue weighted by Gasteiger charge is -2.33. The third kappa shape index (κ3) is 6.04. The van der Waals surface area contributed by atoms with Gasteiger partial charge in [-0.15, -0.1) is 0 Å². The molecule has 1 fully saturated rings. The minimum Gasteiger partial charge on any atom is -0.363 e. The van der Waals surface area contributed by atoms with Crippen molar-refractivity contribution in [2.75, 3.05) is 7.05 Å². The van der Waals surface area contributed by atoms with E-state index >= 15 is 0 Å². The van der Waals surface area contributed by atoms with E-state index in [9.17, 15) is 18.0 Å². The van der Waals surface area contributed by atoms with E-state index in [1.165, 1.54) is 12.3 Å². The van der Waals surface area contributed by atoms with Crippen LogP contribution in [-0.4, -0.2) is 34.8 Å². The number of allylic oxidation sites excluding steroid dienone is 1. The van der Waals surface area contributed by atoms with Crippen LogP contribution in [0.3, 0.4) is 0 Å². The van der Waals surface area contributed by atoms with Gasteiger partial charge in [-0.25, -0.2) is 13.2 Å². The van der Waals surface area contributed by atoms with Crippen LogP contribution in [0.4, 0.5) is 13.2 Å². The van der Waals surface area contributed by atoms with Crippen LogP contribution in [0.5, 0.6) is 0 Å². The summed E-state index contributed by atoms with van der Waals surface area (Å²) in [7, 11) is 1.67. The van der Waals surface area contributed by atoms with Crippen molar-refractivity contribution in [2.45, 2.75) is 64.5 Å². The fourth-order valence-corrected chi connectivity index (χ4v) is 2.81. The predicted molar refractivity (Wildman–Crippen MR) is 96.2 cm³/mol. The molecule has 1 saturated carbocycles. The summed E-state index contributed by atoms with van der Waals surface area (Å²) < 4.78 is 40.0. The van der Waals surface area contributed by atoms with Crippen LogP contribution < -0.4 is 5.32 Å². The van der Waals surface area contributed by atoms with Gasteiger partial charge in [0, 0.05) is 43.4 Å². The molecule has 0 radical (unpaired) electrons. The van der Waals surface area contributed by atoms with Gasteiger partial charge in [0.2, 0.25) is 11.8 Å². The molecule has 1 unspecified atom stereocenters. The Bertz CT molecular complexity index is 612. The average molecular weight is 371 g/mol. The second kappa shape index (κ2) is 9.59. The van der Waals surface area contributed by atoms with Crippen molar-refractivity contribution >= 4 is 5.91 Å². The first kappa shape index (κ1) is 22.0. The predicted octanol–water partition coefficient (Wildman–Crippen LogP) is 4.45. The molecule has 1 aliphatic rings. The molecular weight excluding hydrogens is 343 g/mol. The van der Waals surface area contributed by atoms with Crippen molar-refractivity contribution < 1.29 is 18.0 Å². The van der Waals surface area contributed by atoms with Gasteiger partial charge in [-0.05, 0) is 25.8 Å². The van der Waals surface area contributed by atoms with Crippen LogP contribution in [0.25, 0.3) is 0 Å². The van der Waals surface area contributed by atoms with Gasteiger partial charge in [-0.3, -0.25) is 9.78 Å². The van der Waals surface area contributed by atoms with Crippen molar-refractivity contribution in [1.29, 1.82) is 0 Å². The number of hydrogen-bond donors (Lipinski definition) is 1. The normalized spacial score (nSPS) is 17.5.